The van der Waals surface area contributed by atoms with Crippen LogP contribution in [0.1, 0.15) is 34.8 Å². The van der Waals surface area contributed by atoms with Crippen LogP contribution in [0.15, 0.2) is 163 Å². The van der Waals surface area contributed by atoms with Gasteiger partial charge in [0.05, 0.1) is 16.7 Å². The average molecular weight is 478 g/mol. The molecule has 5 aromatic rings. The first kappa shape index (κ1) is 22.9. The number of allylic oxidation sites excluding steroid dienone is 1. The molecule has 5 aromatic carbocycles. The van der Waals surface area contributed by atoms with Gasteiger partial charge < -0.3 is 4.74 Å². The molecule has 1 heterocycles. The first-order valence-corrected chi connectivity index (χ1v) is 12.9. The molecule has 1 nitrogen and oxygen atoms in total. The van der Waals surface area contributed by atoms with Gasteiger partial charge in [-0.25, -0.2) is 0 Å². The van der Waals surface area contributed by atoms with Crippen molar-refractivity contribution in [2.45, 2.75) is 17.9 Å². The van der Waals surface area contributed by atoms with E-state index in [1.165, 1.54) is 33.4 Å². The van der Waals surface area contributed by atoms with Gasteiger partial charge in [-0.1, -0.05) is 91.0 Å². The van der Waals surface area contributed by atoms with Gasteiger partial charge in [-0.05, 0) is 65.2 Å². The van der Waals surface area contributed by atoms with Gasteiger partial charge in [0, 0.05) is 24.6 Å². The maximum Gasteiger partial charge on any atom is 0.153 e. The van der Waals surface area contributed by atoms with E-state index in [1.54, 1.807) is 0 Å². The molecule has 0 spiro atoms. The summed E-state index contributed by atoms with van der Waals surface area (Å²) in [6, 6.07) is 53.5. The van der Waals surface area contributed by atoms with Gasteiger partial charge >= 0.3 is 0 Å². The number of benzene rings is 4. The van der Waals surface area contributed by atoms with Crippen LogP contribution in [0.4, 0.5) is 0 Å². The Morgan fingerprint density at radius 2 is 1.00 bits per heavy atom. The smallest absolute Gasteiger partial charge is 0.153 e. The predicted molar refractivity (Wildman–Crippen MR) is 152 cm³/mol. The predicted octanol–water partition coefficient (Wildman–Crippen LogP) is 9.01. The lowest BCUT2D eigenvalue weighted by atomic mass is 9.68. The zero-order valence-electron chi connectivity index (χ0n) is 20.7. The van der Waals surface area contributed by atoms with Crippen LogP contribution < -0.4 is 0 Å². The van der Waals surface area contributed by atoms with E-state index in [9.17, 15) is 0 Å². The zero-order chi connectivity index (χ0) is 24.9. The largest absolute Gasteiger partial charge is 0.480 e. The average Bonchev–Trinajstić information content (AvgIpc) is 3.30. The molecule has 37 heavy (non-hydrogen) atoms. The van der Waals surface area contributed by atoms with Crippen molar-refractivity contribution >= 4 is 0 Å². The SMILES string of the molecule is C1=C(C(c2ccccc2)(c2ccccc2)c2ccccc2)OC(c2ccccc2-[c+]2cccccc2)C1. The van der Waals surface area contributed by atoms with Gasteiger partial charge in [0.2, 0.25) is 0 Å². The Labute approximate surface area is 219 Å². The highest BCUT2D eigenvalue weighted by Gasteiger charge is 2.45. The molecule has 178 valence electrons. The van der Waals surface area contributed by atoms with Crippen LogP contribution in [0.25, 0.3) is 11.1 Å². The summed E-state index contributed by atoms with van der Waals surface area (Å²) in [5.74, 6) is 0.981. The van der Waals surface area contributed by atoms with E-state index in [2.05, 4.69) is 158 Å². The normalized spacial score (nSPS) is 15.0. The van der Waals surface area contributed by atoms with E-state index in [1.807, 2.05) is 0 Å². The molecule has 0 saturated carbocycles. The maximum absolute atomic E-state index is 7.02. The number of rotatable bonds is 6. The lowest BCUT2D eigenvalue weighted by Gasteiger charge is -2.37. The van der Waals surface area contributed by atoms with Crippen molar-refractivity contribution in [3.8, 4) is 11.1 Å². The van der Waals surface area contributed by atoms with Gasteiger partial charge in [0.15, 0.2) is 6.10 Å². The van der Waals surface area contributed by atoms with Crippen molar-refractivity contribution in [1.29, 1.82) is 0 Å². The van der Waals surface area contributed by atoms with Crippen LogP contribution in [-0.4, -0.2) is 0 Å². The topological polar surface area (TPSA) is 9.23 Å². The summed E-state index contributed by atoms with van der Waals surface area (Å²) in [6.07, 6.45) is 3.06. The Balaban J connectivity index is 1.49. The van der Waals surface area contributed by atoms with Crippen LogP contribution in [0.2, 0.25) is 0 Å². The lowest BCUT2D eigenvalue weighted by molar-refractivity contribution is 0.125. The molecule has 1 atom stereocenters. The number of ether oxygens (including phenoxy) is 1. The summed E-state index contributed by atoms with van der Waals surface area (Å²) < 4.78 is 7.02. The molecule has 0 saturated heterocycles. The minimum Gasteiger partial charge on any atom is -0.480 e. The highest BCUT2D eigenvalue weighted by atomic mass is 16.5. The Hall–Kier alpha value is -4.49. The fourth-order valence-electron chi connectivity index (χ4n) is 5.61. The van der Waals surface area contributed by atoms with Gasteiger partial charge in [0.1, 0.15) is 11.2 Å². The molecule has 0 bridgehead atoms. The molecule has 1 heteroatoms. The fourth-order valence-corrected chi connectivity index (χ4v) is 5.61. The van der Waals surface area contributed by atoms with E-state index >= 15 is 0 Å². The van der Waals surface area contributed by atoms with Crippen LogP contribution in [-0.2, 0) is 10.2 Å². The minimum absolute atomic E-state index is 0.0628. The highest BCUT2D eigenvalue weighted by molar-refractivity contribution is 5.68. The third-order valence-electron chi connectivity index (χ3n) is 7.28. The molecule has 1 unspecified atom stereocenters. The van der Waals surface area contributed by atoms with Crippen molar-refractivity contribution < 1.29 is 4.74 Å². The summed E-state index contributed by atoms with van der Waals surface area (Å²) in [6.45, 7) is 0. The third-order valence-corrected chi connectivity index (χ3v) is 7.28. The monoisotopic (exact) mass is 477 g/mol. The van der Waals surface area contributed by atoms with Crippen molar-refractivity contribution in [2.24, 2.45) is 0 Å². The molecule has 1 aliphatic heterocycles. The zero-order valence-corrected chi connectivity index (χ0v) is 20.7. The van der Waals surface area contributed by atoms with Crippen LogP contribution in [0.5, 0.6) is 0 Å². The number of hydrogen-bond acceptors (Lipinski definition) is 1. The number of hydrogen-bond donors (Lipinski definition) is 0. The summed E-state index contributed by atoms with van der Waals surface area (Å²) in [5, 5.41) is 0. The van der Waals surface area contributed by atoms with Crippen LogP contribution in [0.3, 0.4) is 0 Å². The molecule has 6 rings (SSSR count). The second kappa shape index (κ2) is 10.2. The molecule has 0 fully saturated rings. The maximum atomic E-state index is 7.02. The molecular weight excluding hydrogens is 448 g/mol. The Morgan fingerprint density at radius 1 is 0.541 bits per heavy atom. The molecule has 0 N–H and O–H groups in total. The molecule has 0 aromatic heterocycles. The molecular formula is C36H29O+. The molecule has 0 aliphatic carbocycles. The molecule has 1 aliphatic rings. The van der Waals surface area contributed by atoms with Crippen molar-refractivity contribution in [2.75, 3.05) is 0 Å². The van der Waals surface area contributed by atoms with Crippen molar-refractivity contribution in [3.05, 3.63) is 186 Å². The molecule has 0 amide bonds. The van der Waals surface area contributed by atoms with E-state index in [4.69, 9.17) is 4.74 Å². The van der Waals surface area contributed by atoms with E-state index < -0.39 is 5.41 Å². The summed E-state index contributed by atoms with van der Waals surface area (Å²) in [4.78, 5) is 0. The van der Waals surface area contributed by atoms with Gasteiger partial charge in [-0.3, -0.25) is 0 Å². The van der Waals surface area contributed by atoms with Gasteiger partial charge in [-0.15, -0.1) is 0 Å². The minimum atomic E-state index is -0.549. The van der Waals surface area contributed by atoms with Crippen molar-refractivity contribution in [1.82, 2.24) is 0 Å². The second-order valence-corrected chi connectivity index (χ2v) is 9.40. The first-order valence-electron chi connectivity index (χ1n) is 12.9. The first-order chi connectivity index (χ1) is 18.4. The fraction of sp³-hybridized carbons (Fsp3) is 0.0833. The van der Waals surface area contributed by atoms with E-state index in [0.717, 1.165) is 12.2 Å². The third kappa shape index (κ3) is 4.23. The second-order valence-electron chi connectivity index (χ2n) is 9.40. The molecule has 0 radical (unpaired) electrons. The van der Waals surface area contributed by atoms with E-state index in [-0.39, 0.29) is 6.10 Å². The van der Waals surface area contributed by atoms with Crippen LogP contribution in [0, 0.1) is 0 Å². The standard InChI is InChI=1S/C36H29O/c1-2-7-17-28(16-6-1)32-24-14-15-25-33(32)34-26-27-35(37-34)36(29-18-8-3-9-19-29,30-20-10-4-11-21-30)31-22-12-5-13-23-31/h1-25,27,34H,26H2/q+1. The summed E-state index contributed by atoms with van der Waals surface area (Å²) in [7, 11) is 0. The summed E-state index contributed by atoms with van der Waals surface area (Å²) >= 11 is 0. The van der Waals surface area contributed by atoms with Crippen molar-refractivity contribution in [3.63, 3.8) is 0 Å². The Bertz CT molecular complexity index is 1400. The summed E-state index contributed by atoms with van der Waals surface area (Å²) in [5.41, 5.74) is 6.66. The Kier molecular flexibility index (Phi) is 6.35. The van der Waals surface area contributed by atoms with Gasteiger partial charge in [-0.2, -0.15) is 0 Å². The van der Waals surface area contributed by atoms with E-state index in [0.29, 0.717) is 0 Å². The quantitative estimate of drug-likeness (QED) is 0.175. The Morgan fingerprint density at radius 3 is 1.54 bits per heavy atom. The highest BCUT2D eigenvalue weighted by Crippen LogP contribution is 2.50. The van der Waals surface area contributed by atoms with Crippen LogP contribution >= 0.6 is 0 Å². The van der Waals surface area contributed by atoms with Gasteiger partial charge in [0.25, 0.3) is 0 Å². The lowest BCUT2D eigenvalue weighted by Crippen LogP contribution is -2.32.